The van der Waals surface area contributed by atoms with Crippen molar-refractivity contribution in [3.05, 3.63) is 120 Å². The zero-order valence-electron chi connectivity index (χ0n) is 17.9. The normalized spacial score (nSPS) is 16.7. The minimum atomic E-state index is -1.42. The van der Waals surface area contributed by atoms with Gasteiger partial charge in [0.05, 0.1) is 7.11 Å². The van der Waals surface area contributed by atoms with Gasteiger partial charge in [0.1, 0.15) is 0 Å². The van der Waals surface area contributed by atoms with E-state index in [0.29, 0.717) is 16.7 Å². The number of carbonyl (C=O) groups excluding carboxylic acids is 2. The van der Waals surface area contributed by atoms with Gasteiger partial charge in [-0.15, -0.1) is 0 Å². The molecule has 1 aliphatic heterocycles. The topological polar surface area (TPSA) is 55.4 Å². The number of rotatable bonds is 5. The summed E-state index contributed by atoms with van der Waals surface area (Å²) in [6.07, 6.45) is 0. The Labute approximate surface area is 196 Å². The highest BCUT2D eigenvalue weighted by atomic mass is 32.2. The zero-order chi connectivity index (χ0) is 22.8. The Morgan fingerprint density at radius 1 is 0.788 bits per heavy atom. The molecule has 162 valence electrons. The summed E-state index contributed by atoms with van der Waals surface area (Å²) in [6.45, 7) is 0. The summed E-state index contributed by atoms with van der Waals surface area (Å²) < 4.78 is 5.24. The van der Waals surface area contributed by atoms with Crippen LogP contribution in [0.3, 0.4) is 0 Å². The number of carbonyl (C=O) groups is 2. The van der Waals surface area contributed by atoms with Crippen LogP contribution >= 0.6 is 11.8 Å². The predicted molar refractivity (Wildman–Crippen MR) is 129 cm³/mol. The van der Waals surface area contributed by atoms with E-state index in [4.69, 9.17) is 4.74 Å². The molecule has 1 unspecified atom stereocenters. The van der Waals surface area contributed by atoms with E-state index in [1.165, 1.54) is 7.11 Å². The second-order valence-electron chi connectivity index (χ2n) is 7.77. The van der Waals surface area contributed by atoms with Crippen LogP contribution in [0.4, 0.5) is 0 Å². The first-order chi connectivity index (χ1) is 16.1. The highest BCUT2D eigenvalue weighted by Crippen LogP contribution is 2.41. The van der Waals surface area contributed by atoms with Gasteiger partial charge in [0.25, 0.3) is 5.91 Å². The van der Waals surface area contributed by atoms with Crippen LogP contribution in [-0.4, -0.2) is 19.0 Å². The third kappa shape index (κ3) is 3.70. The van der Waals surface area contributed by atoms with E-state index >= 15 is 0 Å². The molecule has 0 spiro atoms. The van der Waals surface area contributed by atoms with Gasteiger partial charge in [-0.25, -0.2) is 4.79 Å². The van der Waals surface area contributed by atoms with Gasteiger partial charge in [0.2, 0.25) is 0 Å². The maximum atomic E-state index is 13.3. The molecule has 1 amide bonds. The lowest BCUT2D eigenvalue weighted by atomic mass is 9.82. The van der Waals surface area contributed by atoms with Crippen LogP contribution in [0, 0.1) is 0 Å². The SMILES string of the molecule is COC(=O)C1(c2cccc(Sc3ccccc3)c2)NC(=O)c2ccc(-c3ccccc3)cc21. The molecule has 0 aromatic heterocycles. The second-order valence-corrected chi connectivity index (χ2v) is 8.91. The average molecular weight is 452 g/mol. The molecule has 0 fully saturated rings. The fourth-order valence-corrected chi connectivity index (χ4v) is 5.14. The van der Waals surface area contributed by atoms with Crippen LogP contribution in [0.2, 0.25) is 0 Å². The van der Waals surface area contributed by atoms with E-state index < -0.39 is 11.5 Å². The summed E-state index contributed by atoms with van der Waals surface area (Å²) >= 11 is 1.60. The summed E-state index contributed by atoms with van der Waals surface area (Å²) in [4.78, 5) is 28.3. The van der Waals surface area contributed by atoms with E-state index in [1.54, 1.807) is 17.8 Å². The fraction of sp³-hybridized carbons (Fsp3) is 0.0714. The van der Waals surface area contributed by atoms with Crippen molar-refractivity contribution in [2.24, 2.45) is 0 Å². The molecule has 5 heteroatoms. The van der Waals surface area contributed by atoms with E-state index in [0.717, 1.165) is 20.9 Å². The molecule has 5 rings (SSSR count). The number of esters is 1. The molecule has 1 N–H and O–H groups in total. The molecule has 4 aromatic rings. The van der Waals surface area contributed by atoms with Crippen molar-refractivity contribution in [3.63, 3.8) is 0 Å². The fourth-order valence-electron chi connectivity index (χ4n) is 4.24. The summed E-state index contributed by atoms with van der Waals surface area (Å²) in [5.74, 6) is -0.821. The van der Waals surface area contributed by atoms with E-state index in [2.05, 4.69) is 5.32 Å². The van der Waals surface area contributed by atoms with Gasteiger partial charge in [-0.2, -0.15) is 0 Å². The first kappa shape index (κ1) is 21.0. The molecule has 1 atom stereocenters. The lowest BCUT2D eigenvalue weighted by Crippen LogP contribution is -2.48. The van der Waals surface area contributed by atoms with Crippen LogP contribution in [0.25, 0.3) is 11.1 Å². The van der Waals surface area contributed by atoms with Crippen molar-refractivity contribution >= 4 is 23.6 Å². The first-order valence-corrected chi connectivity index (χ1v) is 11.4. The maximum Gasteiger partial charge on any atom is 0.341 e. The van der Waals surface area contributed by atoms with Crippen molar-refractivity contribution < 1.29 is 14.3 Å². The summed E-state index contributed by atoms with van der Waals surface area (Å²) in [5, 5.41) is 2.95. The average Bonchev–Trinajstić information content (AvgIpc) is 3.17. The Kier molecular flexibility index (Phi) is 5.48. The largest absolute Gasteiger partial charge is 0.467 e. The quantitative estimate of drug-likeness (QED) is 0.398. The van der Waals surface area contributed by atoms with Crippen molar-refractivity contribution in [3.8, 4) is 11.1 Å². The van der Waals surface area contributed by atoms with Crippen LogP contribution < -0.4 is 5.32 Å². The molecule has 0 aliphatic carbocycles. The van der Waals surface area contributed by atoms with E-state index in [-0.39, 0.29) is 5.91 Å². The third-order valence-corrected chi connectivity index (χ3v) is 6.81. The molecule has 4 aromatic carbocycles. The van der Waals surface area contributed by atoms with Gasteiger partial charge in [0.15, 0.2) is 5.54 Å². The van der Waals surface area contributed by atoms with Crippen molar-refractivity contribution in [1.82, 2.24) is 5.32 Å². The number of fused-ring (bicyclic) bond motifs is 1. The van der Waals surface area contributed by atoms with Gasteiger partial charge in [-0.1, -0.05) is 78.5 Å². The third-order valence-electron chi connectivity index (χ3n) is 5.81. The number of benzene rings is 4. The molecule has 1 heterocycles. The Bertz CT molecular complexity index is 1340. The number of hydrogen-bond acceptors (Lipinski definition) is 4. The van der Waals surface area contributed by atoms with Crippen molar-refractivity contribution in [1.29, 1.82) is 0 Å². The monoisotopic (exact) mass is 451 g/mol. The Morgan fingerprint density at radius 3 is 2.21 bits per heavy atom. The maximum absolute atomic E-state index is 13.3. The summed E-state index contributed by atoms with van der Waals surface area (Å²) in [5.41, 5.74) is 2.25. The summed E-state index contributed by atoms with van der Waals surface area (Å²) in [6, 6.07) is 33.2. The molecule has 0 saturated heterocycles. The second kappa shape index (κ2) is 8.60. The van der Waals surface area contributed by atoms with Gasteiger partial charge in [0, 0.05) is 20.9 Å². The summed E-state index contributed by atoms with van der Waals surface area (Å²) in [7, 11) is 1.35. The van der Waals surface area contributed by atoms with Crippen LogP contribution in [0.15, 0.2) is 113 Å². The van der Waals surface area contributed by atoms with E-state index in [1.807, 2.05) is 97.1 Å². The zero-order valence-corrected chi connectivity index (χ0v) is 18.8. The molecular formula is C28H21NO3S. The first-order valence-electron chi connectivity index (χ1n) is 10.6. The molecule has 0 bridgehead atoms. The number of methoxy groups -OCH3 is 1. The van der Waals surface area contributed by atoms with Crippen LogP contribution in [0.1, 0.15) is 21.5 Å². The highest BCUT2D eigenvalue weighted by molar-refractivity contribution is 7.99. The Hall–Kier alpha value is -3.83. The molecule has 0 radical (unpaired) electrons. The highest BCUT2D eigenvalue weighted by Gasteiger charge is 2.51. The lowest BCUT2D eigenvalue weighted by Gasteiger charge is -2.28. The molecule has 0 saturated carbocycles. The van der Waals surface area contributed by atoms with E-state index in [9.17, 15) is 9.59 Å². The van der Waals surface area contributed by atoms with Crippen LogP contribution in [-0.2, 0) is 15.1 Å². The van der Waals surface area contributed by atoms with Crippen molar-refractivity contribution in [2.75, 3.05) is 7.11 Å². The number of nitrogens with one attached hydrogen (secondary N) is 1. The molecule has 1 aliphatic rings. The van der Waals surface area contributed by atoms with Crippen molar-refractivity contribution in [2.45, 2.75) is 15.3 Å². The minimum Gasteiger partial charge on any atom is -0.467 e. The standard InChI is InChI=1S/C28H21NO3S/c1-32-27(31)28(21-11-8-14-23(18-21)33-22-12-6-3-7-13-22)25-17-20(19-9-4-2-5-10-19)15-16-24(25)26(30)29-28/h2-18H,1H3,(H,29,30). The molecular weight excluding hydrogens is 430 g/mol. The minimum absolute atomic E-state index is 0.295. The van der Waals surface area contributed by atoms with Gasteiger partial charge in [-0.05, 0) is 53.1 Å². The molecule has 33 heavy (non-hydrogen) atoms. The number of hydrogen-bond donors (Lipinski definition) is 1. The number of ether oxygens (including phenoxy) is 1. The van der Waals surface area contributed by atoms with Gasteiger partial charge >= 0.3 is 5.97 Å². The Balaban J connectivity index is 1.66. The van der Waals surface area contributed by atoms with Crippen LogP contribution in [0.5, 0.6) is 0 Å². The smallest absolute Gasteiger partial charge is 0.341 e. The Morgan fingerprint density at radius 2 is 1.48 bits per heavy atom. The van der Waals surface area contributed by atoms with Gasteiger partial charge in [-0.3, -0.25) is 4.79 Å². The number of amides is 1. The lowest BCUT2D eigenvalue weighted by molar-refractivity contribution is -0.146. The molecule has 4 nitrogen and oxygen atoms in total. The predicted octanol–water partition coefficient (Wildman–Crippen LogP) is 5.66. The van der Waals surface area contributed by atoms with Gasteiger partial charge < -0.3 is 10.1 Å².